The molecule has 0 aliphatic carbocycles. The van der Waals surface area contributed by atoms with Gasteiger partial charge >= 0.3 is 0 Å². The van der Waals surface area contributed by atoms with Gasteiger partial charge in [0.05, 0.1) is 0 Å². The van der Waals surface area contributed by atoms with Crippen molar-refractivity contribution in [1.29, 1.82) is 0 Å². The summed E-state index contributed by atoms with van der Waals surface area (Å²) in [5, 5.41) is 3.53. The van der Waals surface area contributed by atoms with E-state index in [2.05, 4.69) is 111 Å². The molecule has 150 valence electrons. The van der Waals surface area contributed by atoms with E-state index in [-0.39, 0.29) is 5.41 Å². The van der Waals surface area contributed by atoms with E-state index in [0.717, 1.165) is 17.8 Å². The van der Waals surface area contributed by atoms with Gasteiger partial charge in [0.25, 0.3) is 0 Å². The molecule has 1 nitrogen and oxygen atoms in total. The molecule has 0 bridgehead atoms. The Morgan fingerprint density at radius 1 is 0.759 bits per heavy atom. The third-order valence-corrected chi connectivity index (χ3v) is 4.98. The molecule has 0 aromatic heterocycles. The highest BCUT2D eigenvalue weighted by atomic mass is 14.9. The monoisotopic (exact) mass is 383 g/mol. The second-order valence-electron chi connectivity index (χ2n) is 7.90. The molecule has 0 spiro atoms. The Morgan fingerprint density at radius 3 is 1.83 bits per heavy atom. The van der Waals surface area contributed by atoms with Crippen LogP contribution in [0.2, 0.25) is 0 Å². The number of hydrogen-bond donors (Lipinski definition) is 1. The molecule has 3 aromatic rings. The molecule has 0 aliphatic heterocycles. The van der Waals surface area contributed by atoms with Crippen molar-refractivity contribution in [3.8, 4) is 0 Å². The fourth-order valence-electron chi connectivity index (χ4n) is 3.17. The van der Waals surface area contributed by atoms with Gasteiger partial charge in [-0.2, -0.15) is 0 Å². The van der Waals surface area contributed by atoms with Crippen LogP contribution in [0.5, 0.6) is 0 Å². The molecule has 3 rings (SSSR count). The first-order chi connectivity index (χ1) is 13.8. The number of allylic oxidation sites excluding steroid dienone is 2. The van der Waals surface area contributed by atoms with Crippen molar-refractivity contribution in [3.05, 3.63) is 126 Å². The Balaban J connectivity index is 0.000000687. The minimum Gasteiger partial charge on any atom is -0.381 e. The Morgan fingerprint density at radius 2 is 1.28 bits per heavy atom. The fraction of sp³-hybridized carbons (Fsp3) is 0.214. The maximum Gasteiger partial charge on any atom is 0.0400 e. The molecular weight excluding hydrogens is 350 g/mol. The third-order valence-electron chi connectivity index (χ3n) is 4.98. The first kappa shape index (κ1) is 22.2. The smallest absolute Gasteiger partial charge is 0.0400 e. The maximum atomic E-state index is 4.28. The molecule has 0 fully saturated rings. The molecule has 0 saturated carbocycles. The minimum absolute atomic E-state index is 0.203. The molecule has 3 aromatic carbocycles. The topological polar surface area (TPSA) is 12.0 Å². The van der Waals surface area contributed by atoms with E-state index in [9.17, 15) is 0 Å². The van der Waals surface area contributed by atoms with E-state index in [1.165, 1.54) is 22.3 Å². The van der Waals surface area contributed by atoms with Crippen LogP contribution in [0, 0.1) is 0 Å². The van der Waals surface area contributed by atoms with E-state index >= 15 is 0 Å². The van der Waals surface area contributed by atoms with Crippen LogP contribution in [0.1, 0.15) is 44.4 Å². The lowest BCUT2D eigenvalue weighted by molar-refractivity contribution is 0.677. The number of benzene rings is 3. The lowest BCUT2D eigenvalue weighted by Crippen LogP contribution is -2.24. The number of hydrogen-bond acceptors (Lipinski definition) is 1. The summed E-state index contributed by atoms with van der Waals surface area (Å²) in [5.41, 5.74) is 7.03. The van der Waals surface area contributed by atoms with E-state index < -0.39 is 0 Å². The van der Waals surface area contributed by atoms with Crippen LogP contribution in [0.3, 0.4) is 0 Å². The van der Waals surface area contributed by atoms with Gasteiger partial charge in [-0.25, -0.2) is 0 Å². The maximum absolute atomic E-state index is 4.28. The minimum atomic E-state index is -0.203. The van der Waals surface area contributed by atoms with Gasteiger partial charge in [0, 0.05) is 17.6 Å². The molecule has 0 heterocycles. The van der Waals surface area contributed by atoms with E-state index in [0.29, 0.717) is 0 Å². The SMILES string of the molecule is C=C(C)C.C=C(C)C(C)(c1ccccc1)c1cccc(NCc2ccccc2)c1. The van der Waals surface area contributed by atoms with E-state index in [1.807, 2.05) is 19.9 Å². The Kier molecular flexibility index (Phi) is 8.03. The zero-order valence-corrected chi connectivity index (χ0v) is 18.2. The van der Waals surface area contributed by atoms with Crippen molar-refractivity contribution in [2.75, 3.05) is 5.32 Å². The largest absolute Gasteiger partial charge is 0.381 e. The van der Waals surface area contributed by atoms with Crippen LogP contribution in [0.4, 0.5) is 5.69 Å². The molecule has 29 heavy (non-hydrogen) atoms. The molecule has 1 N–H and O–H groups in total. The lowest BCUT2D eigenvalue weighted by Gasteiger charge is -2.32. The molecule has 0 amide bonds. The van der Waals surface area contributed by atoms with Crippen molar-refractivity contribution < 1.29 is 0 Å². The molecule has 1 heteroatoms. The predicted octanol–water partition coefficient (Wildman–Crippen LogP) is 7.76. The average Bonchev–Trinajstić information content (AvgIpc) is 2.73. The Bertz CT molecular complexity index is 921. The highest BCUT2D eigenvalue weighted by Gasteiger charge is 2.29. The standard InChI is InChI=1S/C24H25N.C4H8/c1-19(2)24(3,21-13-8-5-9-14-21)22-15-10-16-23(17-22)25-18-20-11-6-4-7-12-20;1-4(2)3/h4-17,25H,1,18H2,2-3H3;1H2,2-3H3. The Hall–Kier alpha value is -3.06. The van der Waals surface area contributed by atoms with Gasteiger partial charge in [0.15, 0.2) is 0 Å². The fourth-order valence-corrected chi connectivity index (χ4v) is 3.17. The van der Waals surface area contributed by atoms with E-state index in [1.54, 1.807) is 0 Å². The summed E-state index contributed by atoms with van der Waals surface area (Å²) in [7, 11) is 0. The second kappa shape index (κ2) is 10.5. The molecule has 0 saturated heterocycles. The van der Waals surface area contributed by atoms with Gasteiger partial charge in [-0.1, -0.05) is 90.5 Å². The normalized spacial score (nSPS) is 12.1. The highest BCUT2D eigenvalue weighted by Crippen LogP contribution is 2.38. The van der Waals surface area contributed by atoms with Gasteiger partial charge in [-0.3, -0.25) is 0 Å². The zero-order chi connectivity index (χ0) is 21.3. The van der Waals surface area contributed by atoms with Gasteiger partial charge in [0.1, 0.15) is 0 Å². The Labute approximate surface area is 176 Å². The van der Waals surface area contributed by atoms with Crippen LogP contribution in [-0.4, -0.2) is 0 Å². The van der Waals surface area contributed by atoms with Crippen LogP contribution in [0.25, 0.3) is 0 Å². The number of nitrogens with one attached hydrogen (secondary N) is 1. The third kappa shape index (κ3) is 6.22. The van der Waals surface area contributed by atoms with Gasteiger partial charge in [-0.05, 0) is 56.5 Å². The second-order valence-corrected chi connectivity index (χ2v) is 7.90. The molecule has 1 atom stereocenters. The summed E-state index contributed by atoms with van der Waals surface area (Å²) in [5.74, 6) is 0. The summed E-state index contributed by atoms with van der Waals surface area (Å²) in [6.07, 6.45) is 0. The summed E-state index contributed by atoms with van der Waals surface area (Å²) < 4.78 is 0. The summed E-state index contributed by atoms with van der Waals surface area (Å²) in [4.78, 5) is 0. The van der Waals surface area contributed by atoms with Gasteiger partial charge < -0.3 is 5.32 Å². The van der Waals surface area contributed by atoms with Crippen LogP contribution >= 0.6 is 0 Å². The van der Waals surface area contributed by atoms with Gasteiger partial charge in [0.2, 0.25) is 0 Å². The summed E-state index contributed by atoms with van der Waals surface area (Å²) >= 11 is 0. The van der Waals surface area contributed by atoms with Crippen molar-refractivity contribution in [2.45, 2.75) is 39.7 Å². The van der Waals surface area contributed by atoms with Crippen molar-refractivity contribution in [2.24, 2.45) is 0 Å². The van der Waals surface area contributed by atoms with Crippen molar-refractivity contribution in [3.63, 3.8) is 0 Å². The van der Waals surface area contributed by atoms with E-state index in [4.69, 9.17) is 0 Å². The van der Waals surface area contributed by atoms with Crippen LogP contribution in [0.15, 0.2) is 109 Å². The first-order valence-corrected chi connectivity index (χ1v) is 10.1. The van der Waals surface area contributed by atoms with Gasteiger partial charge in [-0.15, -0.1) is 6.58 Å². The first-order valence-electron chi connectivity index (χ1n) is 10.1. The summed E-state index contributed by atoms with van der Waals surface area (Å²) in [6.45, 7) is 17.0. The lowest BCUT2D eigenvalue weighted by atomic mass is 9.71. The predicted molar refractivity (Wildman–Crippen MR) is 128 cm³/mol. The molecule has 0 radical (unpaired) electrons. The average molecular weight is 384 g/mol. The molecule has 0 aliphatic rings. The van der Waals surface area contributed by atoms with Crippen molar-refractivity contribution in [1.82, 2.24) is 0 Å². The summed E-state index contributed by atoms with van der Waals surface area (Å²) in [6, 6.07) is 29.7. The number of anilines is 1. The number of rotatable bonds is 6. The van der Waals surface area contributed by atoms with Crippen LogP contribution < -0.4 is 5.32 Å². The zero-order valence-electron chi connectivity index (χ0n) is 18.2. The van der Waals surface area contributed by atoms with Crippen LogP contribution in [-0.2, 0) is 12.0 Å². The molecular formula is C28H33N. The quantitative estimate of drug-likeness (QED) is 0.429. The van der Waals surface area contributed by atoms with Crippen molar-refractivity contribution >= 4 is 5.69 Å². The highest BCUT2D eigenvalue weighted by molar-refractivity contribution is 5.54. The molecule has 1 unspecified atom stereocenters.